The van der Waals surface area contributed by atoms with Gasteiger partial charge in [-0.05, 0) is 30.2 Å². The zero-order chi connectivity index (χ0) is 17.2. The number of nitrogens with zero attached hydrogens (tertiary/aromatic N) is 3. The fourth-order valence-corrected chi connectivity index (χ4v) is 3.83. The van der Waals surface area contributed by atoms with Crippen molar-refractivity contribution in [2.75, 3.05) is 12.1 Å². The molecule has 0 saturated carbocycles. The number of thiazole rings is 1. The van der Waals surface area contributed by atoms with Crippen molar-refractivity contribution in [1.29, 1.82) is 0 Å². The summed E-state index contributed by atoms with van der Waals surface area (Å²) in [6.07, 6.45) is 0.856. The second kappa shape index (κ2) is 6.69. The highest BCUT2D eigenvalue weighted by Gasteiger charge is 2.31. The van der Waals surface area contributed by atoms with Crippen LogP contribution < -0.4 is 9.75 Å². The molecule has 5 heteroatoms. The third-order valence-corrected chi connectivity index (χ3v) is 5.27. The Bertz CT molecular complexity index is 887. The van der Waals surface area contributed by atoms with Crippen molar-refractivity contribution in [2.24, 2.45) is 5.10 Å². The van der Waals surface area contributed by atoms with E-state index in [-0.39, 0.29) is 6.04 Å². The zero-order valence-corrected chi connectivity index (χ0v) is 15.0. The normalized spacial score (nSPS) is 16.8. The Kier molecular flexibility index (Phi) is 4.24. The van der Waals surface area contributed by atoms with E-state index in [0.717, 1.165) is 34.3 Å². The second-order valence-corrected chi connectivity index (χ2v) is 6.86. The van der Waals surface area contributed by atoms with Crippen LogP contribution in [0.15, 0.2) is 65.1 Å². The van der Waals surface area contributed by atoms with E-state index in [1.54, 1.807) is 18.4 Å². The Morgan fingerprint density at radius 1 is 1.08 bits per heavy atom. The first kappa shape index (κ1) is 15.8. The number of hydrogen-bond acceptors (Lipinski definition) is 5. The summed E-state index contributed by atoms with van der Waals surface area (Å²) >= 11 is 1.63. The van der Waals surface area contributed by atoms with Gasteiger partial charge in [0.15, 0.2) is 0 Å². The van der Waals surface area contributed by atoms with Crippen LogP contribution in [-0.4, -0.2) is 17.8 Å². The molecule has 0 radical (unpaired) electrons. The minimum atomic E-state index is 0.145. The molecule has 1 aromatic heterocycles. The largest absolute Gasteiger partial charge is 0.497 e. The molecule has 4 nitrogen and oxygen atoms in total. The van der Waals surface area contributed by atoms with E-state index < -0.39 is 0 Å². The van der Waals surface area contributed by atoms with Gasteiger partial charge in [-0.3, -0.25) is 0 Å². The summed E-state index contributed by atoms with van der Waals surface area (Å²) in [6.45, 7) is 2.01. The van der Waals surface area contributed by atoms with Gasteiger partial charge >= 0.3 is 0 Å². The van der Waals surface area contributed by atoms with Crippen LogP contribution in [0.25, 0.3) is 0 Å². The number of rotatable bonds is 4. The lowest BCUT2D eigenvalue weighted by Crippen LogP contribution is -2.18. The molecule has 1 atom stereocenters. The summed E-state index contributed by atoms with van der Waals surface area (Å²) < 4.78 is 5.28. The Labute approximate surface area is 151 Å². The van der Waals surface area contributed by atoms with Gasteiger partial charge < -0.3 is 4.74 Å². The number of aryl methyl sites for hydroxylation is 1. The highest BCUT2D eigenvalue weighted by Crippen LogP contribution is 2.38. The van der Waals surface area contributed by atoms with Crippen molar-refractivity contribution in [2.45, 2.75) is 19.4 Å². The summed E-state index contributed by atoms with van der Waals surface area (Å²) in [5.41, 5.74) is 4.49. The van der Waals surface area contributed by atoms with Crippen molar-refractivity contribution in [3.8, 4) is 5.75 Å². The standard InChI is InChI=1S/C20H19N3OS/c1-14-13-25-20(21-14)23-19(16-8-10-17(24-2)11-9-16)12-18(22-23)15-6-4-3-5-7-15/h3-11,13,19H,12H2,1-2H3/t19-/m1/s1. The summed E-state index contributed by atoms with van der Waals surface area (Å²) in [6, 6.07) is 18.7. The van der Waals surface area contributed by atoms with Crippen LogP contribution in [0.2, 0.25) is 0 Å². The predicted molar refractivity (Wildman–Crippen MR) is 103 cm³/mol. The number of anilines is 1. The molecule has 3 aromatic rings. The van der Waals surface area contributed by atoms with Crippen molar-refractivity contribution in [1.82, 2.24) is 4.98 Å². The van der Waals surface area contributed by atoms with Gasteiger partial charge in [-0.25, -0.2) is 9.99 Å². The number of aromatic nitrogens is 1. The monoisotopic (exact) mass is 349 g/mol. The molecule has 0 N–H and O–H groups in total. The first-order valence-electron chi connectivity index (χ1n) is 8.23. The predicted octanol–water partition coefficient (Wildman–Crippen LogP) is 4.82. The van der Waals surface area contributed by atoms with E-state index >= 15 is 0 Å². The van der Waals surface area contributed by atoms with E-state index in [4.69, 9.17) is 9.84 Å². The molecule has 25 heavy (non-hydrogen) atoms. The van der Waals surface area contributed by atoms with Gasteiger partial charge in [0.05, 0.1) is 24.6 Å². The van der Waals surface area contributed by atoms with E-state index in [2.05, 4.69) is 51.8 Å². The van der Waals surface area contributed by atoms with Gasteiger partial charge in [0, 0.05) is 11.8 Å². The first-order valence-corrected chi connectivity index (χ1v) is 9.11. The third-order valence-electron chi connectivity index (χ3n) is 4.32. The lowest BCUT2D eigenvalue weighted by molar-refractivity contribution is 0.414. The van der Waals surface area contributed by atoms with E-state index in [9.17, 15) is 0 Å². The summed E-state index contributed by atoms with van der Waals surface area (Å²) in [4.78, 5) is 4.64. The summed E-state index contributed by atoms with van der Waals surface area (Å²) in [5.74, 6) is 0.864. The number of hydrazone groups is 1. The average molecular weight is 349 g/mol. The van der Waals surface area contributed by atoms with Gasteiger partial charge in [0.25, 0.3) is 0 Å². The summed E-state index contributed by atoms with van der Waals surface area (Å²) in [7, 11) is 1.69. The van der Waals surface area contributed by atoms with Gasteiger partial charge in [0.2, 0.25) is 5.13 Å². The van der Waals surface area contributed by atoms with Crippen LogP contribution in [0.1, 0.15) is 29.3 Å². The first-order chi connectivity index (χ1) is 12.2. The molecule has 0 unspecified atom stereocenters. The molecule has 1 aliphatic heterocycles. The molecular weight excluding hydrogens is 330 g/mol. The molecule has 0 bridgehead atoms. The number of benzene rings is 2. The number of ether oxygens (including phenoxy) is 1. The molecule has 0 amide bonds. The molecule has 0 saturated heterocycles. The smallest absolute Gasteiger partial charge is 0.206 e. The maximum atomic E-state index is 5.28. The number of hydrogen-bond donors (Lipinski definition) is 0. The second-order valence-electron chi connectivity index (χ2n) is 6.02. The molecule has 0 spiro atoms. The quantitative estimate of drug-likeness (QED) is 0.678. The molecule has 1 aliphatic rings. The van der Waals surface area contributed by atoms with Crippen LogP contribution in [-0.2, 0) is 0 Å². The van der Waals surface area contributed by atoms with Gasteiger partial charge in [-0.2, -0.15) is 5.10 Å². The fourth-order valence-electron chi connectivity index (χ4n) is 3.02. The molecule has 4 rings (SSSR count). The molecular formula is C20H19N3OS. The van der Waals surface area contributed by atoms with E-state index in [1.165, 1.54) is 5.56 Å². The summed E-state index contributed by atoms with van der Waals surface area (Å²) in [5, 5.41) is 9.97. The molecule has 2 aromatic carbocycles. The number of methoxy groups -OCH3 is 1. The van der Waals surface area contributed by atoms with E-state index in [0.29, 0.717) is 0 Å². The molecule has 0 aliphatic carbocycles. The maximum Gasteiger partial charge on any atom is 0.206 e. The van der Waals surface area contributed by atoms with Crippen LogP contribution in [0.5, 0.6) is 5.75 Å². The minimum absolute atomic E-state index is 0.145. The molecule has 0 fully saturated rings. The molecule has 126 valence electrons. The lowest BCUT2D eigenvalue weighted by Gasteiger charge is -2.21. The van der Waals surface area contributed by atoms with Gasteiger partial charge in [0.1, 0.15) is 5.75 Å². The topological polar surface area (TPSA) is 37.7 Å². The van der Waals surface area contributed by atoms with Crippen LogP contribution in [0, 0.1) is 6.92 Å². The maximum absolute atomic E-state index is 5.28. The van der Waals surface area contributed by atoms with Crippen molar-refractivity contribution >= 4 is 22.2 Å². The Balaban J connectivity index is 1.72. The van der Waals surface area contributed by atoms with Crippen molar-refractivity contribution in [3.63, 3.8) is 0 Å². The van der Waals surface area contributed by atoms with Gasteiger partial charge in [-0.15, -0.1) is 11.3 Å². The van der Waals surface area contributed by atoms with Crippen LogP contribution in [0.3, 0.4) is 0 Å². The Morgan fingerprint density at radius 2 is 1.84 bits per heavy atom. The fraction of sp³-hybridized carbons (Fsp3) is 0.200. The SMILES string of the molecule is COc1ccc([C@H]2CC(c3ccccc3)=NN2c2nc(C)cs2)cc1. The van der Waals surface area contributed by atoms with Crippen molar-refractivity contribution in [3.05, 3.63) is 76.8 Å². The lowest BCUT2D eigenvalue weighted by atomic mass is 9.98. The average Bonchev–Trinajstić information content (AvgIpc) is 3.29. The Morgan fingerprint density at radius 3 is 2.48 bits per heavy atom. The van der Waals surface area contributed by atoms with Gasteiger partial charge in [-0.1, -0.05) is 42.5 Å². The third kappa shape index (κ3) is 3.15. The Hall–Kier alpha value is -2.66. The zero-order valence-electron chi connectivity index (χ0n) is 14.2. The highest BCUT2D eigenvalue weighted by atomic mass is 32.1. The molecule has 2 heterocycles. The van der Waals surface area contributed by atoms with E-state index in [1.807, 2.05) is 25.1 Å². The van der Waals surface area contributed by atoms with Crippen LogP contribution in [0.4, 0.5) is 5.13 Å². The minimum Gasteiger partial charge on any atom is -0.497 e. The van der Waals surface area contributed by atoms with Crippen LogP contribution >= 0.6 is 11.3 Å². The van der Waals surface area contributed by atoms with Crippen molar-refractivity contribution < 1.29 is 4.74 Å². The highest BCUT2D eigenvalue weighted by molar-refractivity contribution is 7.13.